The van der Waals surface area contributed by atoms with Crippen molar-refractivity contribution in [3.8, 4) is 28.6 Å². The van der Waals surface area contributed by atoms with Gasteiger partial charge >= 0.3 is 5.69 Å². The maximum atomic E-state index is 13.0. The number of carbonyl (C=O) groups excluding carboxylic acids is 1. The standard InChI is InChI=1S/C23H23N5O4/c1-5-32-15-12-10-14(11-13-15)20-24-19(22(29)27(2)3)18-21(26-20)28(23(30)25-18)16-8-6-7-9-17(16)31-4/h6-13H,5H2,1-4H3,(H,25,30). The molecular formula is C23H23N5O4. The largest absolute Gasteiger partial charge is 0.495 e. The molecule has 1 amide bonds. The third kappa shape index (κ3) is 3.68. The van der Waals surface area contributed by atoms with Gasteiger partial charge in [0.2, 0.25) is 0 Å². The number of benzene rings is 2. The van der Waals surface area contributed by atoms with E-state index in [-0.39, 0.29) is 22.8 Å². The Morgan fingerprint density at radius 2 is 1.81 bits per heavy atom. The van der Waals surface area contributed by atoms with Crippen molar-refractivity contribution in [2.24, 2.45) is 0 Å². The molecule has 0 bridgehead atoms. The first-order valence-corrected chi connectivity index (χ1v) is 10.1. The summed E-state index contributed by atoms with van der Waals surface area (Å²) >= 11 is 0. The minimum atomic E-state index is -0.449. The van der Waals surface area contributed by atoms with Crippen molar-refractivity contribution in [3.63, 3.8) is 0 Å². The summed E-state index contributed by atoms with van der Waals surface area (Å²) < 4.78 is 12.3. The van der Waals surface area contributed by atoms with E-state index in [0.29, 0.717) is 29.4 Å². The Bertz CT molecular complexity index is 1340. The van der Waals surface area contributed by atoms with Gasteiger partial charge in [-0.3, -0.25) is 4.79 Å². The van der Waals surface area contributed by atoms with Gasteiger partial charge in [0.25, 0.3) is 5.91 Å². The van der Waals surface area contributed by atoms with Crippen LogP contribution in [0.25, 0.3) is 28.2 Å². The summed E-state index contributed by atoms with van der Waals surface area (Å²) in [5.74, 6) is 1.18. The number of hydrogen-bond acceptors (Lipinski definition) is 6. The van der Waals surface area contributed by atoms with Crippen LogP contribution in [-0.2, 0) is 0 Å². The smallest absolute Gasteiger partial charge is 0.332 e. The zero-order valence-corrected chi connectivity index (χ0v) is 18.2. The number of aromatic nitrogens is 4. The Labute approximate surface area is 184 Å². The van der Waals surface area contributed by atoms with Crippen LogP contribution in [0.15, 0.2) is 53.3 Å². The zero-order valence-electron chi connectivity index (χ0n) is 18.2. The van der Waals surface area contributed by atoms with Gasteiger partial charge in [-0.15, -0.1) is 0 Å². The number of ether oxygens (including phenoxy) is 2. The van der Waals surface area contributed by atoms with Crippen LogP contribution in [0.2, 0.25) is 0 Å². The van der Waals surface area contributed by atoms with Crippen LogP contribution < -0.4 is 15.2 Å². The summed E-state index contributed by atoms with van der Waals surface area (Å²) in [5.41, 5.74) is 1.39. The van der Waals surface area contributed by atoms with Crippen molar-refractivity contribution in [2.45, 2.75) is 6.92 Å². The third-order valence-electron chi connectivity index (χ3n) is 4.90. The number of imidazole rings is 1. The number of para-hydroxylation sites is 2. The highest BCUT2D eigenvalue weighted by atomic mass is 16.5. The first-order chi connectivity index (χ1) is 15.4. The second kappa shape index (κ2) is 8.54. The van der Waals surface area contributed by atoms with E-state index in [1.165, 1.54) is 16.6 Å². The molecule has 32 heavy (non-hydrogen) atoms. The van der Waals surface area contributed by atoms with E-state index < -0.39 is 5.69 Å². The molecule has 0 atom stereocenters. The van der Waals surface area contributed by atoms with Gasteiger partial charge in [-0.25, -0.2) is 19.3 Å². The fourth-order valence-electron chi connectivity index (χ4n) is 3.39. The van der Waals surface area contributed by atoms with Gasteiger partial charge in [0.15, 0.2) is 17.2 Å². The average molecular weight is 433 g/mol. The van der Waals surface area contributed by atoms with Gasteiger partial charge in [-0.1, -0.05) is 12.1 Å². The lowest BCUT2D eigenvalue weighted by Crippen LogP contribution is -2.23. The number of carbonyl (C=O) groups is 1. The molecule has 2 heterocycles. The second-order valence-corrected chi connectivity index (χ2v) is 7.19. The van der Waals surface area contributed by atoms with Crippen molar-refractivity contribution in [1.29, 1.82) is 0 Å². The number of amides is 1. The van der Waals surface area contributed by atoms with Gasteiger partial charge in [0, 0.05) is 19.7 Å². The van der Waals surface area contributed by atoms with Crippen molar-refractivity contribution in [1.82, 2.24) is 24.4 Å². The average Bonchev–Trinajstić information content (AvgIpc) is 3.14. The van der Waals surface area contributed by atoms with Gasteiger partial charge in [0.1, 0.15) is 17.0 Å². The molecular weight excluding hydrogens is 410 g/mol. The first kappa shape index (κ1) is 21.1. The van der Waals surface area contributed by atoms with E-state index in [4.69, 9.17) is 9.47 Å². The molecule has 4 aromatic rings. The second-order valence-electron chi connectivity index (χ2n) is 7.19. The maximum absolute atomic E-state index is 13.0. The molecule has 1 N–H and O–H groups in total. The van der Waals surface area contributed by atoms with E-state index in [9.17, 15) is 9.59 Å². The maximum Gasteiger partial charge on any atom is 0.332 e. The number of aromatic amines is 1. The number of H-pyrrole nitrogens is 1. The lowest BCUT2D eigenvalue weighted by atomic mass is 10.2. The normalized spacial score (nSPS) is 10.9. The number of hydrogen-bond donors (Lipinski definition) is 1. The molecule has 2 aromatic carbocycles. The van der Waals surface area contributed by atoms with Crippen LogP contribution in [0.1, 0.15) is 17.4 Å². The van der Waals surface area contributed by atoms with Crippen molar-refractivity contribution >= 4 is 17.1 Å². The number of fused-ring (bicyclic) bond motifs is 1. The molecule has 0 aliphatic carbocycles. The van der Waals surface area contributed by atoms with Crippen molar-refractivity contribution in [2.75, 3.05) is 27.8 Å². The monoisotopic (exact) mass is 433 g/mol. The molecule has 0 fully saturated rings. The predicted molar refractivity (Wildman–Crippen MR) is 121 cm³/mol. The summed E-state index contributed by atoms with van der Waals surface area (Å²) in [4.78, 5) is 39.2. The van der Waals surface area contributed by atoms with Gasteiger partial charge < -0.3 is 19.4 Å². The van der Waals surface area contributed by atoms with Crippen LogP contribution in [0.5, 0.6) is 11.5 Å². The Morgan fingerprint density at radius 1 is 1.09 bits per heavy atom. The molecule has 0 unspecified atom stereocenters. The quantitative estimate of drug-likeness (QED) is 0.502. The molecule has 0 aliphatic heterocycles. The molecule has 0 spiro atoms. The number of nitrogens with zero attached hydrogens (tertiary/aromatic N) is 4. The van der Waals surface area contributed by atoms with Gasteiger partial charge in [-0.05, 0) is 43.3 Å². The molecule has 2 aromatic heterocycles. The molecule has 4 rings (SSSR count). The molecule has 0 aliphatic rings. The van der Waals surface area contributed by atoms with Crippen LogP contribution in [0.4, 0.5) is 0 Å². The van der Waals surface area contributed by atoms with Crippen molar-refractivity contribution in [3.05, 3.63) is 64.7 Å². The van der Waals surface area contributed by atoms with E-state index in [1.54, 1.807) is 32.3 Å². The molecule has 164 valence electrons. The zero-order chi connectivity index (χ0) is 22.8. The summed E-state index contributed by atoms with van der Waals surface area (Å²) in [6.45, 7) is 2.46. The Morgan fingerprint density at radius 3 is 2.47 bits per heavy atom. The topological polar surface area (TPSA) is 102 Å². The van der Waals surface area contributed by atoms with E-state index >= 15 is 0 Å². The van der Waals surface area contributed by atoms with Gasteiger partial charge in [0.05, 0.1) is 19.4 Å². The number of methoxy groups -OCH3 is 1. The summed E-state index contributed by atoms with van der Waals surface area (Å²) in [7, 11) is 4.78. The highest BCUT2D eigenvalue weighted by Gasteiger charge is 2.23. The fourth-order valence-corrected chi connectivity index (χ4v) is 3.39. The first-order valence-electron chi connectivity index (χ1n) is 10.1. The Balaban J connectivity index is 2.00. The van der Waals surface area contributed by atoms with Crippen LogP contribution in [0, 0.1) is 0 Å². The molecule has 9 heteroatoms. The minimum Gasteiger partial charge on any atom is -0.495 e. The fraction of sp³-hybridized carbons (Fsp3) is 0.217. The molecule has 0 saturated heterocycles. The Kier molecular flexibility index (Phi) is 5.63. The lowest BCUT2D eigenvalue weighted by molar-refractivity contribution is 0.0824. The predicted octanol–water partition coefficient (Wildman–Crippen LogP) is 2.88. The minimum absolute atomic E-state index is 0.106. The van der Waals surface area contributed by atoms with Gasteiger partial charge in [-0.2, -0.15) is 0 Å². The summed E-state index contributed by atoms with van der Waals surface area (Å²) in [5, 5.41) is 0. The highest BCUT2D eigenvalue weighted by molar-refractivity contribution is 6.02. The lowest BCUT2D eigenvalue weighted by Gasteiger charge is -2.13. The van der Waals surface area contributed by atoms with Crippen LogP contribution in [-0.4, -0.2) is 58.1 Å². The summed E-state index contributed by atoms with van der Waals surface area (Å²) in [6, 6.07) is 14.4. The Hall–Kier alpha value is -4.14. The SMILES string of the molecule is CCOc1ccc(-c2nc(C(=O)N(C)C)c3[nH]c(=O)n(-c4ccccc4OC)c3n2)cc1. The van der Waals surface area contributed by atoms with E-state index in [1.807, 2.05) is 37.3 Å². The highest BCUT2D eigenvalue weighted by Crippen LogP contribution is 2.27. The number of rotatable bonds is 6. The summed E-state index contributed by atoms with van der Waals surface area (Å²) in [6.07, 6.45) is 0. The van der Waals surface area contributed by atoms with Crippen LogP contribution in [0.3, 0.4) is 0 Å². The molecule has 0 saturated carbocycles. The van der Waals surface area contributed by atoms with E-state index in [0.717, 1.165) is 5.75 Å². The molecule has 0 radical (unpaired) electrons. The molecule has 9 nitrogen and oxygen atoms in total. The van der Waals surface area contributed by atoms with E-state index in [2.05, 4.69) is 15.0 Å². The van der Waals surface area contributed by atoms with Crippen molar-refractivity contribution < 1.29 is 14.3 Å². The third-order valence-corrected chi connectivity index (χ3v) is 4.90. The van der Waals surface area contributed by atoms with Crippen LogP contribution >= 0.6 is 0 Å². The number of nitrogens with one attached hydrogen (secondary N) is 1.